The van der Waals surface area contributed by atoms with Crippen LogP contribution in [0.1, 0.15) is 70.6 Å². The molecule has 0 aromatic carbocycles. The summed E-state index contributed by atoms with van der Waals surface area (Å²) in [7, 11) is 0. The predicted octanol–water partition coefficient (Wildman–Crippen LogP) is 4.02. The topological polar surface area (TPSA) is 53.5 Å². The number of ketones is 1. The Morgan fingerprint density at radius 1 is 1.00 bits per heavy atom. The highest BCUT2D eigenvalue weighted by Gasteiger charge is 2.33. The molecule has 19 heavy (non-hydrogen) atoms. The monoisotopic (exact) mass is 262 g/mol. The minimum absolute atomic E-state index is 0.00338. The molecule has 2 aliphatic carbocycles. The summed E-state index contributed by atoms with van der Waals surface area (Å²) in [6, 6.07) is 0. The molecule has 0 saturated heterocycles. The molecule has 0 heterocycles. The molecule has 2 saturated carbocycles. The summed E-state index contributed by atoms with van der Waals surface area (Å²) in [4.78, 5) is 14.7. The van der Waals surface area contributed by atoms with E-state index in [4.69, 9.17) is 5.53 Å². The van der Waals surface area contributed by atoms with Crippen LogP contribution in [0.15, 0.2) is 0 Å². The van der Waals surface area contributed by atoms with Crippen LogP contribution in [0.25, 0.3) is 5.53 Å². The van der Waals surface area contributed by atoms with Crippen LogP contribution in [-0.4, -0.2) is 16.8 Å². The Bertz CT molecular complexity index is 317. The van der Waals surface area contributed by atoms with Gasteiger partial charge in [0.05, 0.1) is 0 Å². The zero-order valence-corrected chi connectivity index (χ0v) is 11.9. The molecular weight excluding hydrogens is 236 g/mol. The molecule has 0 atom stereocenters. The molecule has 3 heteroatoms. The van der Waals surface area contributed by atoms with Gasteiger partial charge in [0, 0.05) is 6.42 Å². The van der Waals surface area contributed by atoms with Gasteiger partial charge < -0.3 is 5.53 Å². The molecule has 0 amide bonds. The maximum absolute atomic E-state index is 11.8. The molecule has 0 aromatic rings. The van der Waals surface area contributed by atoms with Crippen LogP contribution in [0.3, 0.4) is 0 Å². The summed E-state index contributed by atoms with van der Waals surface area (Å²) < 4.78 is 0. The number of carbonyl (C=O) groups is 1. The van der Waals surface area contributed by atoms with E-state index in [-0.39, 0.29) is 5.78 Å². The van der Waals surface area contributed by atoms with Gasteiger partial charge in [-0.25, -0.2) is 0 Å². The molecule has 2 rings (SSSR count). The lowest BCUT2D eigenvalue weighted by molar-refractivity contribution is -0.118. The van der Waals surface area contributed by atoms with Crippen molar-refractivity contribution in [3.63, 3.8) is 0 Å². The Morgan fingerprint density at radius 2 is 1.47 bits per heavy atom. The fraction of sp³-hybridized carbons (Fsp3) is 0.875. The number of hydrogen-bond acceptors (Lipinski definition) is 1. The Morgan fingerprint density at radius 3 is 1.89 bits per heavy atom. The fourth-order valence-electron chi connectivity index (χ4n) is 4.19. The van der Waals surface area contributed by atoms with Gasteiger partial charge in [0.2, 0.25) is 5.78 Å². The van der Waals surface area contributed by atoms with E-state index in [1.807, 2.05) is 0 Å². The lowest BCUT2D eigenvalue weighted by atomic mass is 9.68. The smallest absolute Gasteiger partial charge is 0.323 e. The lowest BCUT2D eigenvalue weighted by Gasteiger charge is -2.37. The Hall–Kier alpha value is -0.950. The second kappa shape index (κ2) is 7.59. The Kier molecular flexibility index (Phi) is 5.78. The van der Waals surface area contributed by atoms with Crippen LogP contribution < -0.4 is 0 Å². The lowest BCUT2D eigenvalue weighted by Crippen LogP contribution is -2.29. The first-order valence-corrected chi connectivity index (χ1v) is 8.01. The number of Topliss-reactive ketones (excluding diaryl/α,β-unsaturated/α-hetero) is 1. The Balaban J connectivity index is 2.01. The second-order valence-corrected chi connectivity index (χ2v) is 6.38. The van der Waals surface area contributed by atoms with Crippen molar-refractivity contribution >= 4 is 12.0 Å². The normalized spacial score (nSPS) is 22.2. The van der Waals surface area contributed by atoms with Crippen molar-refractivity contribution in [1.82, 2.24) is 0 Å². The Labute approximate surface area is 116 Å². The van der Waals surface area contributed by atoms with Gasteiger partial charge in [0.1, 0.15) is 0 Å². The van der Waals surface area contributed by atoms with Gasteiger partial charge in [-0.2, -0.15) is 4.79 Å². The van der Waals surface area contributed by atoms with Crippen molar-refractivity contribution in [2.75, 3.05) is 0 Å². The van der Waals surface area contributed by atoms with E-state index in [0.717, 1.165) is 18.1 Å². The van der Waals surface area contributed by atoms with E-state index in [9.17, 15) is 4.79 Å². The zero-order valence-electron chi connectivity index (χ0n) is 11.9. The van der Waals surface area contributed by atoms with E-state index < -0.39 is 0 Å². The first-order valence-electron chi connectivity index (χ1n) is 8.01. The van der Waals surface area contributed by atoms with Crippen LogP contribution >= 0.6 is 0 Å². The van der Waals surface area contributed by atoms with Crippen molar-refractivity contribution in [3.05, 3.63) is 5.53 Å². The minimum atomic E-state index is 0.00338. The van der Waals surface area contributed by atoms with Crippen LogP contribution in [0.2, 0.25) is 0 Å². The molecule has 0 aromatic heterocycles. The largest absolute Gasteiger partial charge is 0.361 e. The summed E-state index contributed by atoms with van der Waals surface area (Å²) >= 11 is 0. The molecule has 0 bridgehead atoms. The van der Waals surface area contributed by atoms with Crippen molar-refractivity contribution < 1.29 is 9.58 Å². The van der Waals surface area contributed by atoms with Gasteiger partial charge in [-0.15, -0.1) is 0 Å². The molecule has 2 fully saturated rings. The molecule has 106 valence electrons. The standard InChI is InChI=1S/C16H26N2O/c17-18-12-15(19)11-16(13-7-3-1-4-8-13)14-9-5-2-6-10-14/h12-14,16H,1-11H2. The van der Waals surface area contributed by atoms with Crippen molar-refractivity contribution in [1.29, 1.82) is 0 Å². The van der Waals surface area contributed by atoms with Crippen LogP contribution in [0.5, 0.6) is 0 Å². The molecule has 2 aliphatic rings. The van der Waals surface area contributed by atoms with Crippen molar-refractivity contribution in [2.24, 2.45) is 17.8 Å². The highest BCUT2D eigenvalue weighted by molar-refractivity contribution is 6.25. The highest BCUT2D eigenvalue weighted by atomic mass is 16.1. The summed E-state index contributed by atoms with van der Waals surface area (Å²) in [5, 5.41) is 0. The third-order valence-electron chi connectivity index (χ3n) is 5.15. The predicted molar refractivity (Wildman–Crippen MR) is 75.9 cm³/mol. The molecule has 3 nitrogen and oxygen atoms in total. The molecule has 0 unspecified atom stereocenters. The molecular formula is C16H26N2O. The SMILES string of the molecule is [N-]=[N+]=CC(=O)CC(C1CCCCC1)C1CCCCC1. The number of carbonyl (C=O) groups excluding carboxylic acids is 1. The van der Waals surface area contributed by atoms with Gasteiger partial charge in [-0.1, -0.05) is 64.2 Å². The minimum Gasteiger partial charge on any atom is -0.361 e. The molecule has 0 N–H and O–H groups in total. The van der Waals surface area contributed by atoms with Gasteiger partial charge in [0.25, 0.3) is 0 Å². The average molecular weight is 262 g/mol. The fourth-order valence-corrected chi connectivity index (χ4v) is 4.19. The first kappa shape index (κ1) is 14.5. The molecule has 0 aliphatic heterocycles. The number of nitrogens with zero attached hydrogens (tertiary/aromatic N) is 2. The van der Waals surface area contributed by atoms with Crippen molar-refractivity contribution in [2.45, 2.75) is 70.6 Å². The van der Waals surface area contributed by atoms with Crippen LogP contribution in [0, 0.1) is 17.8 Å². The summed E-state index contributed by atoms with van der Waals surface area (Å²) in [5.41, 5.74) is 8.52. The summed E-state index contributed by atoms with van der Waals surface area (Å²) in [6.07, 6.45) is 14.9. The maximum atomic E-state index is 11.8. The van der Waals surface area contributed by atoms with Crippen LogP contribution in [0.4, 0.5) is 0 Å². The van der Waals surface area contributed by atoms with Gasteiger partial charge in [0.15, 0.2) is 0 Å². The van der Waals surface area contributed by atoms with E-state index in [1.54, 1.807) is 0 Å². The van der Waals surface area contributed by atoms with Gasteiger partial charge in [-0.05, 0) is 17.8 Å². The van der Waals surface area contributed by atoms with E-state index >= 15 is 0 Å². The molecule has 0 spiro atoms. The van der Waals surface area contributed by atoms with Gasteiger partial charge in [-0.3, -0.25) is 4.79 Å². The van der Waals surface area contributed by atoms with Gasteiger partial charge >= 0.3 is 6.21 Å². The average Bonchev–Trinajstić information content (AvgIpc) is 2.47. The molecule has 0 radical (unpaired) electrons. The third kappa shape index (κ3) is 4.28. The highest BCUT2D eigenvalue weighted by Crippen LogP contribution is 2.41. The number of hydrogen-bond donors (Lipinski definition) is 0. The second-order valence-electron chi connectivity index (χ2n) is 6.38. The van der Waals surface area contributed by atoms with E-state index in [0.29, 0.717) is 12.3 Å². The quantitative estimate of drug-likeness (QED) is 0.419. The number of rotatable bonds is 5. The summed E-state index contributed by atoms with van der Waals surface area (Å²) in [5.74, 6) is 2.00. The van der Waals surface area contributed by atoms with E-state index in [2.05, 4.69) is 4.79 Å². The zero-order chi connectivity index (χ0) is 13.5. The maximum Gasteiger partial charge on any atom is 0.323 e. The van der Waals surface area contributed by atoms with Crippen LogP contribution in [-0.2, 0) is 4.79 Å². The third-order valence-corrected chi connectivity index (χ3v) is 5.15. The van der Waals surface area contributed by atoms with Crippen molar-refractivity contribution in [3.8, 4) is 0 Å². The van der Waals surface area contributed by atoms with E-state index in [1.165, 1.54) is 64.2 Å². The first-order chi connectivity index (χ1) is 9.31. The summed E-state index contributed by atoms with van der Waals surface area (Å²) in [6.45, 7) is 0.